The Balaban J connectivity index is 0.000000368. The van der Waals surface area contributed by atoms with Gasteiger partial charge in [0, 0.05) is 12.0 Å². The molecule has 0 radical (unpaired) electrons. The maximum Gasteiger partial charge on any atom is 0.279 e. The maximum absolute atomic E-state index is 8.49. The minimum absolute atomic E-state index is 0.979. The highest BCUT2D eigenvalue weighted by molar-refractivity contribution is 5.52. The molecule has 2 aromatic carbocycles. The van der Waals surface area contributed by atoms with E-state index in [0.717, 1.165) is 22.9 Å². The molecule has 0 bridgehead atoms. The standard InChI is InChI=1S/C16H16N3.ClHO4/c1-13-17-18(2)16(14-9-5-3-6-10-14)19(13)15-11-7-4-8-12-15;2-1(3,4)5/h3-12H,1-2H3;(H,2,3,4,5)/q+1;/p-1. The molecular weight excluding hydrogens is 334 g/mol. The van der Waals surface area contributed by atoms with Crippen molar-refractivity contribution in [2.45, 2.75) is 6.92 Å². The number of rotatable bonds is 2. The fraction of sp³-hybridized carbons (Fsp3) is 0.125. The monoisotopic (exact) mass is 349 g/mol. The lowest BCUT2D eigenvalue weighted by Gasteiger charge is -2.17. The van der Waals surface area contributed by atoms with Gasteiger partial charge in [0.1, 0.15) is 5.69 Å². The Hall–Kier alpha value is -2.29. The van der Waals surface area contributed by atoms with Crippen molar-refractivity contribution in [3.8, 4) is 17.1 Å². The molecule has 0 saturated heterocycles. The van der Waals surface area contributed by atoms with Gasteiger partial charge in [-0.25, -0.2) is 18.6 Å². The number of aromatic nitrogens is 3. The molecule has 7 nitrogen and oxygen atoms in total. The van der Waals surface area contributed by atoms with E-state index < -0.39 is 10.2 Å². The number of halogens is 1. The first kappa shape index (κ1) is 18.1. The lowest BCUT2D eigenvalue weighted by atomic mass is 10.2. The van der Waals surface area contributed by atoms with Crippen molar-refractivity contribution in [2.75, 3.05) is 0 Å². The topological polar surface area (TPSA) is 114 Å². The Labute approximate surface area is 141 Å². The van der Waals surface area contributed by atoms with E-state index in [-0.39, 0.29) is 0 Å². The van der Waals surface area contributed by atoms with Gasteiger partial charge in [-0.1, -0.05) is 36.4 Å². The van der Waals surface area contributed by atoms with Gasteiger partial charge in [-0.15, -0.1) is 14.9 Å². The van der Waals surface area contributed by atoms with Crippen molar-refractivity contribution in [1.29, 1.82) is 0 Å². The van der Waals surface area contributed by atoms with E-state index in [4.69, 9.17) is 18.6 Å². The van der Waals surface area contributed by atoms with Crippen molar-refractivity contribution >= 4 is 0 Å². The first-order valence-electron chi connectivity index (χ1n) is 6.95. The Morgan fingerprint density at radius 2 is 1.33 bits per heavy atom. The molecule has 8 heteroatoms. The molecule has 0 fully saturated rings. The molecule has 3 aromatic rings. The van der Waals surface area contributed by atoms with Gasteiger partial charge in [0.25, 0.3) is 11.6 Å². The summed E-state index contributed by atoms with van der Waals surface area (Å²) in [5.74, 6) is 2.07. The highest BCUT2D eigenvalue weighted by Gasteiger charge is 2.23. The van der Waals surface area contributed by atoms with Crippen molar-refractivity contribution in [1.82, 2.24) is 9.78 Å². The Kier molecular flexibility index (Phi) is 5.66. The third kappa shape index (κ3) is 4.85. The molecule has 1 heterocycles. The number of para-hydroxylation sites is 1. The maximum atomic E-state index is 8.49. The molecule has 126 valence electrons. The van der Waals surface area contributed by atoms with Crippen LogP contribution in [0.2, 0.25) is 0 Å². The fourth-order valence-electron chi connectivity index (χ4n) is 2.40. The summed E-state index contributed by atoms with van der Waals surface area (Å²) in [5.41, 5.74) is 2.29. The molecular formula is C16H16ClN3O4. The van der Waals surface area contributed by atoms with Crippen LogP contribution in [-0.4, -0.2) is 9.78 Å². The Bertz CT molecular complexity index is 720. The number of hydrogen-bond donors (Lipinski definition) is 0. The quantitative estimate of drug-likeness (QED) is 0.492. The largest absolute Gasteiger partial charge is 0.279 e. The summed E-state index contributed by atoms with van der Waals surface area (Å²) in [7, 11) is -2.96. The fourth-order valence-corrected chi connectivity index (χ4v) is 2.40. The van der Waals surface area contributed by atoms with E-state index in [0.29, 0.717) is 0 Å². The molecule has 0 unspecified atom stereocenters. The van der Waals surface area contributed by atoms with Crippen LogP contribution in [0, 0.1) is 17.2 Å². The molecule has 0 aliphatic carbocycles. The van der Waals surface area contributed by atoms with Crippen molar-refractivity contribution < 1.29 is 33.4 Å². The van der Waals surface area contributed by atoms with Crippen LogP contribution in [0.25, 0.3) is 17.1 Å². The van der Waals surface area contributed by atoms with Crippen LogP contribution in [0.1, 0.15) is 5.82 Å². The van der Waals surface area contributed by atoms with E-state index in [9.17, 15) is 0 Å². The van der Waals surface area contributed by atoms with Gasteiger partial charge in [-0.2, -0.15) is 4.57 Å². The number of hydrogen-bond acceptors (Lipinski definition) is 5. The SMILES string of the molecule is Cc1nn(C)c(-c2ccccc2)[n+]1-c1ccccc1.[O-][Cl+3]([O-])([O-])[O-]. The van der Waals surface area contributed by atoms with Crippen molar-refractivity contribution in [2.24, 2.45) is 7.05 Å². The van der Waals surface area contributed by atoms with Gasteiger partial charge in [0.2, 0.25) is 0 Å². The van der Waals surface area contributed by atoms with Crippen molar-refractivity contribution in [3.05, 3.63) is 66.5 Å². The zero-order valence-electron chi connectivity index (χ0n) is 13.1. The molecule has 1 aromatic heterocycles. The van der Waals surface area contributed by atoms with E-state index >= 15 is 0 Å². The summed E-state index contributed by atoms with van der Waals surface area (Å²) in [5, 5.41) is 4.54. The molecule has 3 rings (SSSR count). The van der Waals surface area contributed by atoms with Gasteiger partial charge >= 0.3 is 0 Å². The third-order valence-corrected chi connectivity index (χ3v) is 3.18. The van der Waals surface area contributed by atoms with E-state index in [2.05, 4.69) is 33.9 Å². The number of aryl methyl sites for hydroxylation is 2. The second-order valence-corrected chi connectivity index (χ2v) is 5.67. The summed E-state index contributed by atoms with van der Waals surface area (Å²) in [6.45, 7) is 2.03. The lowest BCUT2D eigenvalue weighted by Crippen LogP contribution is -2.68. The zero-order chi connectivity index (χ0) is 17.7. The highest BCUT2D eigenvalue weighted by Crippen LogP contribution is 2.16. The van der Waals surface area contributed by atoms with Crippen LogP contribution in [0.15, 0.2) is 60.7 Å². The molecule has 0 atom stereocenters. The molecule has 0 aliphatic rings. The molecule has 0 amide bonds. The Morgan fingerprint density at radius 1 is 0.875 bits per heavy atom. The van der Waals surface area contributed by atoms with Gasteiger partial charge in [0.05, 0.1) is 12.6 Å². The summed E-state index contributed by atoms with van der Waals surface area (Å²) in [6, 6.07) is 20.7. The molecule has 0 saturated carbocycles. The van der Waals surface area contributed by atoms with Crippen LogP contribution < -0.4 is 23.2 Å². The number of nitrogens with zero attached hydrogens (tertiary/aromatic N) is 3. The molecule has 0 aliphatic heterocycles. The van der Waals surface area contributed by atoms with E-state index in [1.807, 2.05) is 55.1 Å². The smallest absolute Gasteiger partial charge is 0.222 e. The predicted octanol–water partition coefficient (Wildman–Crippen LogP) is -2.08. The first-order chi connectivity index (χ1) is 11.3. The van der Waals surface area contributed by atoms with Crippen LogP contribution in [0.4, 0.5) is 0 Å². The predicted molar refractivity (Wildman–Crippen MR) is 74.9 cm³/mol. The van der Waals surface area contributed by atoms with Crippen LogP contribution in [0.5, 0.6) is 0 Å². The van der Waals surface area contributed by atoms with Crippen LogP contribution in [-0.2, 0) is 7.05 Å². The average molecular weight is 350 g/mol. The second-order valence-electron chi connectivity index (χ2n) is 4.91. The van der Waals surface area contributed by atoms with E-state index in [1.165, 1.54) is 0 Å². The third-order valence-electron chi connectivity index (χ3n) is 3.18. The summed E-state index contributed by atoms with van der Waals surface area (Å²) < 4.78 is 38.1. The molecule has 0 spiro atoms. The zero-order valence-corrected chi connectivity index (χ0v) is 13.9. The van der Waals surface area contributed by atoms with E-state index in [1.54, 1.807) is 0 Å². The van der Waals surface area contributed by atoms with Gasteiger partial charge in [-0.3, -0.25) is 0 Å². The van der Waals surface area contributed by atoms with Gasteiger partial charge in [0.15, 0.2) is 0 Å². The summed E-state index contributed by atoms with van der Waals surface area (Å²) in [6.07, 6.45) is 0. The van der Waals surface area contributed by atoms with Gasteiger partial charge in [-0.05, 0) is 24.3 Å². The van der Waals surface area contributed by atoms with Crippen molar-refractivity contribution in [3.63, 3.8) is 0 Å². The number of benzene rings is 2. The Morgan fingerprint density at radius 3 is 1.83 bits per heavy atom. The minimum Gasteiger partial charge on any atom is -0.222 e. The summed E-state index contributed by atoms with van der Waals surface area (Å²) in [4.78, 5) is 0. The average Bonchev–Trinajstić information content (AvgIpc) is 2.82. The summed E-state index contributed by atoms with van der Waals surface area (Å²) >= 11 is 0. The highest BCUT2D eigenvalue weighted by atomic mass is 35.7. The minimum atomic E-state index is -4.94. The molecule has 0 N–H and O–H groups in total. The van der Waals surface area contributed by atoms with Gasteiger partial charge < -0.3 is 0 Å². The molecule has 24 heavy (non-hydrogen) atoms. The lowest BCUT2D eigenvalue weighted by molar-refractivity contribution is -2.00. The normalized spacial score (nSPS) is 10.9. The van der Waals surface area contributed by atoms with Crippen LogP contribution in [0.3, 0.4) is 0 Å². The van der Waals surface area contributed by atoms with Crippen LogP contribution >= 0.6 is 0 Å². The first-order valence-corrected chi connectivity index (χ1v) is 8.19. The second kappa shape index (κ2) is 7.52.